The Kier molecular flexibility index (Phi) is 2.35. The number of rotatable bonds is 1. The average molecular weight is 208 g/mol. The van der Waals surface area contributed by atoms with Gasteiger partial charge in [0.1, 0.15) is 0 Å². The lowest BCUT2D eigenvalue weighted by molar-refractivity contribution is 0.955. The summed E-state index contributed by atoms with van der Waals surface area (Å²) in [7, 11) is 0. The van der Waals surface area contributed by atoms with Crippen molar-refractivity contribution < 1.29 is 0 Å². The Labute approximate surface area is 86.9 Å². The average Bonchev–Trinajstić information content (AvgIpc) is 2.16. The molecule has 0 spiro atoms. The lowest BCUT2D eigenvalue weighted by Gasteiger charge is -2.03. The third-order valence-corrected chi connectivity index (χ3v) is 2.33. The van der Waals surface area contributed by atoms with E-state index in [-0.39, 0.29) is 0 Å². The Morgan fingerprint density at radius 1 is 1.29 bits per heavy atom. The minimum Gasteiger partial charge on any atom is -0.325 e. The molecule has 0 unspecified atom stereocenters. The van der Waals surface area contributed by atoms with E-state index < -0.39 is 0 Å². The molecule has 0 saturated carbocycles. The van der Waals surface area contributed by atoms with Gasteiger partial charge in [-0.05, 0) is 25.1 Å². The zero-order chi connectivity index (χ0) is 10.1. The summed E-state index contributed by atoms with van der Waals surface area (Å²) in [5.41, 5.74) is 8.89. The summed E-state index contributed by atoms with van der Waals surface area (Å²) < 4.78 is 0. The molecule has 3 nitrogen and oxygen atoms in total. The second-order valence-electron chi connectivity index (χ2n) is 3.09. The molecule has 1 aromatic heterocycles. The summed E-state index contributed by atoms with van der Waals surface area (Å²) in [6.45, 7) is 2.31. The van der Waals surface area contributed by atoms with Crippen LogP contribution in [0.1, 0.15) is 11.4 Å². The van der Waals surface area contributed by atoms with Crippen LogP contribution >= 0.6 is 11.6 Å². The van der Waals surface area contributed by atoms with Gasteiger partial charge in [-0.2, -0.15) is 0 Å². The molecule has 14 heavy (non-hydrogen) atoms. The summed E-state index contributed by atoms with van der Waals surface area (Å²) in [6, 6.07) is 5.45. The molecule has 0 bridgehead atoms. The zero-order valence-electron chi connectivity index (χ0n) is 7.79. The fourth-order valence-electron chi connectivity index (χ4n) is 1.35. The van der Waals surface area contributed by atoms with Crippen LogP contribution in [0.15, 0.2) is 18.2 Å². The van der Waals surface area contributed by atoms with Crippen molar-refractivity contribution in [1.82, 2.24) is 9.97 Å². The van der Waals surface area contributed by atoms with Crippen molar-refractivity contribution in [2.75, 3.05) is 0 Å². The molecule has 2 aromatic rings. The molecule has 1 heterocycles. The standard InChI is InChI=1S/C10H10ClN3/c1-6-10(5-12)14-8-3-2-7(11)4-9(8)13-6/h2-4H,5,12H2,1H3. The predicted octanol–water partition coefficient (Wildman–Crippen LogP) is 2.05. The number of fused-ring (bicyclic) bond motifs is 1. The Bertz CT molecular complexity index is 482. The van der Waals surface area contributed by atoms with E-state index in [2.05, 4.69) is 9.97 Å². The second-order valence-corrected chi connectivity index (χ2v) is 3.53. The fourth-order valence-corrected chi connectivity index (χ4v) is 1.51. The fraction of sp³-hybridized carbons (Fsp3) is 0.200. The molecule has 0 fully saturated rings. The highest BCUT2D eigenvalue weighted by Crippen LogP contribution is 2.17. The number of benzene rings is 1. The van der Waals surface area contributed by atoms with Crippen LogP contribution in [-0.2, 0) is 6.54 Å². The predicted molar refractivity (Wildman–Crippen MR) is 57.2 cm³/mol. The van der Waals surface area contributed by atoms with Crippen LogP contribution in [0.5, 0.6) is 0 Å². The van der Waals surface area contributed by atoms with Gasteiger partial charge in [0.05, 0.1) is 22.4 Å². The minimum absolute atomic E-state index is 0.414. The first-order valence-electron chi connectivity index (χ1n) is 4.33. The number of nitrogens with two attached hydrogens (primary N) is 1. The number of halogens is 1. The minimum atomic E-state index is 0.414. The molecule has 0 saturated heterocycles. The first-order chi connectivity index (χ1) is 6.70. The van der Waals surface area contributed by atoms with Gasteiger partial charge in [-0.3, -0.25) is 0 Å². The molecule has 72 valence electrons. The van der Waals surface area contributed by atoms with Crippen molar-refractivity contribution in [2.45, 2.75) is 13.5 Å². The van der Waals surface area contributed by atoms with Gasteiger partial charge in [-0.25, -0.2) is 9.97 Å². The highest BCUT2D eigenvalue weighted by atomic mass is 35.5. The SMILES string of the molecule is Cc1nc2cc(Cl)ccc2nc1CN. The van der Waals surface area contributed by atoms with Gasteiger partial charge < -0.3 is 5.73 Å². The van der Waals surface area contributed by atoms with Crippen molar-refractivity contribution in [2.24, 2.45) is 5.73 Å². The summed E-state index contributed by atoms with van der Waals surface area (Å²) in [6.07, 6.45) is 0. The van der Waals surface area contributed by atoms with Crippen LogP contribution < -0.4 is 5.73 Å². The maximum Gasteiger partial charge on any atom is 0.0905 e. The molecule has 0 atom stereocenters. The molecule has 0 amide bonds. The van der Waals surface area contributed by atoms with Gasteiger partial charge >= 0.3 is 0 Å². The summed E-state index contributed by atoms with van der Waals surface area (Å²) in [4.78, 5) is 8.77. The normalized spacial score (nSPS) is 10.8. The number of hydrogen-bond acceptors (Lipinski definition) is 3. The van der Waals surface area contributed by atoms with Crippen LogP contribution in [0.3, 0.4) is 0 Å². The zero-order valence-corrected chi connectivity index (χ0v) is 8.54. The molecule has 0 aliphatic rings. The van der Waals surface area contributed by atoms with E-state index in [4.69, 9.17) is 17.3 Å². The first-order valence-corrected chi connectivity index (χ1v) is 4.71. The van der Waals surface area contributed by atoms with Gasteiger partial charge in [0.2, 0.25) is 0 Å². The maximum atomic E-state index is 5.85. The molecule has 0 radical (unpaired) electrons. The van der Waals surface area contributed by atoms with Crippen molar-refractivity contribution in [1.29, 1.82) is 0 Å². The lowest BCUT2D eigenvalue weighted by atomic mass is 10.2. The quantitative estimate of drug-likeness (QED) is 0.779. The third-order valence-electron chi connectivity index (χ3n) is 2.09. The van der Waals surface area contributed by atoms with Gasteiger partial charge in [0, 0.05) is 11.6 Å². The number of nitrogens with zero attached hydrogens (tertiary/aromatic N) is 2. The van der Waals surface area contributed by atoms with Crippen LogP contribution in [0.4, 0.5) is 0 Å². The monoisotopic (exact) mass is 207 g/mol. The molecule has 2 N–H and O–H groups in total. The summed E-state index contributed by atoms with van der Waals surface area (Å²) >= 11 is 5.85. The second kappa shape index (κ2) is 3.52. The molecule has 0 aliphatic heterocycles. The molecule has 0 aliphatic carbocycles. The van der Waals surface area contributed by atoms with E-state index in [0.29, 0.717) is 11.6 Å². The van der Waals surface area contributed by atoms with E-state index in [1.807, 2.05) is 13.0 Å². The van der Waals surface area contributed by atoms with Crippen LogP contribution in [0.25, 0.3) is 11.0 Å². The highest BCUT2D eigenvalue weighted by Gasteiger charge is 2.03. The smallest absolute Gasteiger partial charge is 0.0905 e. The van der Waals surface area contributed by atoms with Crippen LogP contribution in [0.2, 0.25) is 5.02 Å². The van der Waals surface area contributed by atoms with Crippen molar-refractivity contribution >= 4 is 22.6 Å². The van der Waals surface area contributed by atoms with Gasteiger partial charge in [-0.15, -0.1) is 0 Å². The Balaban J connectivity index is 2.73. The highest BCUT2D eigenvalue weighted by molar-refractivity contribution is 6.31. The van der Waals surface area contributed by atoms with E-state index in [1.54, 1.807) is 12.1 Å². The largest absolute Gasteiger partial charge is 0.325 e. The first kappa shape index (κ1) is 9.37. The summed E-state index contributed by atoms with van der Waals surface area (Å²) in [5, 5.41) is 0.673. The van der Waals surface area contributed by atoms with E-state index >= 15 is 0 Å². The number of aryl methyl sites for hydroxylation is 1. The van der Waals surface area contributed by atoms with Crippen molar-refractivity contribution in [3.63, 3.8) is 0 Å². The Hall–Kier alpha value is -1.19. The Morgan fingerprint density at radius 3 is 2.79 bits per heavy atom. The Morgan fingerprint density at radius 2 is 2.07 bits per heavy atom. The molecular weight excluding hydrogens is 198 g/mol. The maximum absolute atomic E-state index is 5.85. The molecule has 1 aromatic carbocycles. The van der Waals surface area contributed by atoms with Crippen LogP contribution in [0, 0.1) is 6.92 Å². The van der Waals surface area contributed by atoms with Crippen LogP contribution in [-0.4, -0.2) is 9.97 Å². The van der Waals surface area contributed by atoms with Gasteiger partial charge in [-0.1, -0.05) is 11.6 Å². The van der Waals surface area contributed by atoms with Crippen molar-refractivity contribution in [3.8, 4) is 0 Å². The van der Waals surface area contributed by atoms with Crippen molar-refractivity contribution in [3.05, 3.63) is 34.6 Å². The van der Waals surface area contributed by atoms with E-state index in [9.17, 15) is 0 Å². The molecule has 2 rings (SSSR count). The summed E-state index contributed by atoms with van der Waals surface area (Å²) in [5.74, 6) is 0. The lowest BCUT2D eigenvalue weighted by Crippen LogP contribution is -2.04. The molecule has 4 heteroatoms. The van der Waals surface area contributed by atoms with E-state index in [0.717, 1.165) is 22.4 Å². The van der Waals surface area contributed by atoms with Gasteiger partial charge in [0.25, 0.3) is 0 Å². The third kappa shape index (κ3) is 1.56. The van der Waals surface area contributed by atoms with Gasteiger partial charge in [0.15, 0.2) is 0 Å². The molecular formula is C10H10ClN3. The number of aromatic nitrogens is 2. The number of hydrogen-bond donors (Lipinski definition) is 1. The topological polar surface area (TPSA) is 51.8 Å². The van der Waals surface area contributed by atoms with E-state index in [1.165, 1.54) is 0 Å².